The number of aliphatic hydroxyl groups excluding tert-OH is 1. The average Bonchev–Trinajstić information content (AvgIpc) is 3.05. The van der Waals surface area contributed by atoms with Crippen molar-refractivity contribution in [1.82, 2.24) is 15.0 Å². The van der Waals surface area contributed by atoms with Crippen LogP contribution in [0, 0.1) is 20.8 Å². The molecule has 0 spiro atoms. The number of nitrogens with zero attached hydrogens (tertiary/aromatic N) is 4. The first-order valence-electron chi connectivity index (χ1n) is 7.96. The van der Waals surface area contributed by atoms with Crippen LogP contribution in [-0.2, 0) is 0 Å². The summed E-state index contributed by atoms with van der Waals surface area (Å²) < 4.78 is 0. The molecule has 0 amide bonds. The standard InChI is InChI=1S/C18H21N5OS/c1-11-7-5-6-8-14(11)22-17(24)15-10-19-18(25-15)23(4)16-9-12(2)20-13(3)21-16/h5-10,17,22,24H,1-4H3. The highest BCUT2D eigenvalue weighted by atomic mass is 32.1. The van der Waals surface area contributed by atoms with E-state index in [1.807, 2.05) is 63.1 Å². The van der Waals surface area contributed by atoms with Gasteiger partial charge in [-0.1, -0.05) is 29.5 Å². The van der Waals surface area contributed by atoms with Crippen molar-refractivity contribution in [1.29, 1.82) is 0 Å². The smallest absolute Gasteiger partial charge is 0.191 e. The summed E-state index contributed by atoms with van der Waals surface area (Å²) in [5.74, 6) is 1.51. The fourth-order valence-corrected chi connectivity index (χ4v) is 3.30. The minimum absolute atomic E-state index is 0.722. The maximum atomic E-state index is 10.5. The van der Waals surface area contributed by atoms with Crippen molar-refractivity contribution in [3.8, 4) is 0 Å². The number of benzene rings is 1. The highest BCUT2D eigenvalue weighted by Gasteiger charge is 2.16. The van der Waals surface area contributed by atoms with E-state index in [1.54, 1.807) is 6.20 Å². The number of nitrogens with one attached hydrogen (secondary N) is 1. The van der Waals surface area contributed by atoms with Gasteiger partial charge in [-0.15, -0.1) is 0 Å². The molecule has 130 valence electrons. The summed E-state index contributed by atoms with van der Waals surface area (Å²) in [6.45, 7) is 5.81. The molecule has 0 aliphatic rings. The third kappa shape index (κ3) is 3.94. The number of hydrogen-bond acceptors (Lipinski definition) is 7. The fourth-order valence-electron chi connectivity index (χ4n) is 2.48. The van der Waals surface area contributed by atoms with Gasteiger partial charge < -0.3 is 15.3 Å². The molecule has 0 fully saturated rings. The second-order valence-corrected chi connectivity index (χ2v) is 6.92. The van der Waals surface area contributed by atoms with Crippen LogP contribution in [0.3, 0.4) is 0 Å². The largest absolute Gasteiger partial charge is 0.369 e. The zero-order valence-corrected chi connectivity index (χ0v) is 15.5. The zero-order chi connectivity index (χ0) is 18.0. The van der Waals surface area contributed by atoms with Crippen molar-refractivity contribution in [3.63, 3.8) is 0 Å². The van der Waals surface area contributed by atoms with Crippen LogP contribution in [0.5, 0.6) is 0 Å². The molecule has 6 nitrogen and oxygen atoms in total. The summed E-state index contributed by atoms with van der Waals surface area (Å²) in [6, 6.07) is 9.77. The summed E-state index contributed by atoms with van der Waals surface area (Å²) in [5, 5.41) is 14.3. The molecule has 0 bridgehead atoms. The average molecular weight is 355 g/mol. The number of rotatable bonds is 5. The van der Waals surface area contributed by atoms with E-state index in [2.05, 4.69) is 20.3 Å². The highest BCUT2D eigenvalue weighted by molar-refractivity contribution is 7.15. The normalized spacial score (nSPS) is 12.0. The SMILES string of the molecule is Cc1cc(N(C)c2ncc(C(O)Nc3ccccc3C)s2)nc(C)n1. The number of para-hydroxylation sites is 1. The minimum Gasteiger partial charge on any atom is -0.369 e. The zero-order valence-electron chi connectivity index (χ0n) is 14.7. The second kappa shape index (κ2) is 7.16. The van der Waals surface area contributed by atoms with Crippen molar-refractivity contribution in [2.24, 2.45) is 0 Å². The first-order chi connectivity index (χ1) is 11.9. The molecule has 0 aliphatic heterocycles. The first-order valence-corrected chi connectivity index (χ1v) is 8.77. The molecule has 2 aromatic heterocycles. The van der Waals surface area contributed by atoms with E-state index < -0.39 is 6.23 Å². The van der Waals surface area contributed by atoms with Crippen LogP contribution in [-0.4, -0.2) is 27.1 Å². The van der Waals surface area contributed by atoms with Crippen molar-refractivity contribution in [2.45, 2.75) is 27.0 Å². The maximum absolute atomic E-state index is 10.5. The van der Waals surface area contributed by atoms with Crippen molar-refractivity contribution in [2.75, 3.05) is 17.3 Å². The van der Waals surface area contributed by atoms with Crippen molar-refractivity contribution >= 4 is 28.0 Å². The van der Waals surface area contributed by atoms with Gasteiger partial charge in [0, 0.05) is 30.7 Å². The van der Waals surface area contributed by atoms with Gasteiger partial charge in [0.05, 0.1) is 4.88 Å². The van der Waals surface area contributed by atoms with E-state index in [1.165, 1.54) is 11.3 Å². The molecule has 1 unspecified atom stereocenters. The number of aliphatic hydroxyl groups is 1. The van der Waals surface area contributed by atoms with E-state index >= 15 is 0 Å². The fraction of sp³-hybridized carbons (Fsp3) is 0.278. The topological polar surface area (TPSA) is 74.2 Å². The van der Waals surface area contributed by atoms with Crippen LogP contribution >= 0.6 is 11.3 Å². The Morgan fingerprint density at radius 1 is 1.16 bits per heavy atom. The quantitative estimate of drug-likeness (QED) is 0.679. The Balaban J connectivity index is 1.78. The number of aromatic nitrogens is 3. The lowest BCUT2D eigenvalue weighted by atomic mass is 10.2. The highest BCUT2D eigenvalue weighted by Crippen LogP contribution is 2.31. The van der Waals surface area contributed by atoms with Crippen LogP contribution in [0.1, 0.15) is 28.2 Å². The van der Waals surface area contributed by atoms with Crippen LogP contribution in [0.25, 0.3) is 0 Å². The van der Waals surface area contributed by atoms with E-state index in [0.717, 1.165) is 38.6 Å². The molecule has 1 atom stereocenters. The molecule has 2 N–H and O–H groups in total. The molecule has 0 saturated heterocycles. The number of anilines is 3. The van der Waals surface area contributed by atoms with Crippen molar-refractivity contribution < 1.29 is 5.11 Å². The van der Waals surface area contributed by atoms with E-state index in [9.17, 15) is 5.11 Å². The monoisotopic (exact) mass is 355 g/mol. The molecule has 7 heteroatoms. The summed E-state index contributed by atoms with van der Waals surface area (Å²) in [4.78, 5) is 15.8. The van der Waals surface area contributed by atoms with Gasteiger partial charge in [-0.2, -0.15) is 0 Å². The van der Waals surface area contributed by atoms with Crippen molar-refractivity contribution in [3.05, 3.63) is 58.5 Å². The molecular weight excluding hydrogens is 334 g/mol. The van der Waals surface area contributed by atoms with Gasteiger partial charge in [-0.25, -0.2) is 15.0 Å². The Morgan fingerprint density at radius 3 is 2.64 bits per heavy atom. The summed E-state index contributed by atoms with van der Waals surface area (Å²) in [5.41, 5.74) is 2.89. The maximum Gasteiger partial charge on any atom is 0.191 e. The van der Waals surface area contributed by atoms with Gasteiger partial charge in [0.1, 0.15) is 11.6 Å². The van der Waals surface area contributed by atoms with Crippen LogP contribution in [0.4, 0.5) is 16.6 Å². The third-order valence-corrected chi connectivity index (χ3v) is 4.93. The summed E-state index contributed by atoms with van der Waals surface area (Å²) >= 11 is 1.42. The Labute approximate surface area is 151 Å². The Morgan fingerprint density at radius 2 is 1.92 bits per heavy atom. The molecule has 0 aliphatic carbocycles. The molecule has 25 heavy (non-hydrogen) atoms. The van der Waals surface area contributed by atoms with Gasteiger partial charge >= 0.3 is 0 Å². The van der Waals surface area contributed by atoms with Gasteiger partial charge in [0.15, 0.2) is 11.4 Å². The van der Waals surface area contributed by atoms with Gasteiger partial charge in [0.2, 0.25) is 0 Å². The predicted molar refractivity (Wildman–Crippen MR) is 101 cm³/mol. The molecule has 0 radical (unpaired) electrons. The lowest BCUT2D eigenvalue weighted by Gasteiger charge is -2.16. The van der Waals surface area contributed by atoms with Crippen LogP contribution in [0.2, 0.25) is 0 Å². The van der Waals surface area contributed by atoms with E-state index in [-0.39, 0.29) is 0 Å². The third-order valence-electron chi connectivity index (χ3n) is 3.80. The molecule has 1 aromatic carbocycles. The van der Waals surface area contributed by atoms with E-state index in [0.29, 0.717) is 0 Å². The Bertz CT molecular complexity index is 859. The number of thiazole rings is 1. The molecule has 3 rings (SSSR count). The van der Waals surface area contributed by atoms with Gasteiger partial charge in [-0.3, -0.25) is 0 Å². The first kappa shape index (κ1) is 17.3. The van der Waals surface area contributed by atoms with Gasteiger partial charge in [0.25, 0.3) is 0 Å². The van der Waals surface area contributed by atoms with Gasteiger partial charge in [-0.05, 0) is 32.4 Å². The molecule has 3 aromatic rings. The summed E-state index contributed by atoms with van der Waals surface area (Å²) in [6.07, 6.45) is 0.877. The van der Waals surface area contributed by atoms with Crippen LogP contribution < -0.4 is 10.2 Å². The minimum atomic E-state index is -0.811. The number of hydrogen-bond donors (Lipinski definition) is 2. The van der Waals surface area contributed by atoms with E-state index in [4.69, 9.17) is 0 Å². The molecule has 0 saturated carbocycles. The molecule has 2 heterocycles. The Kier molecular flexibility index (Phi) is 4.96. The summed E-state index contributed by atoms with van der Waals surface area (Å²) in [7, 11) is 1.91. The second-order valence-electron chi connectivity index (χ2n) is 5.88. The van der Waals surface area contributed by atoms with Crippen LogP contribution in [0.15, 0.2) is 36.5 Å². The lowest BCUT2D eigenvalue weighted by molar-refractivity contribution is 0.212. The Hall–Kier alpha value is -2.51. The predicted octanol–water partition coefficient (Wildman–Crippen LogP) is 3.73. The number of aryl methyl sites for hydroxylation is 3. The lowest BCUT2D eigenvalue weighted by Crippen LogP contribution is -2.12. The molecular formula is C18H21N5OS.